The third-order valence-corrected chi connectivity index (χ3v) is 3.45. The van der Waals surface area contributed by atoms with Crippen LogP contribution in [-0.4, -0.2) is 32.0 Å². The molecule has 0 unspecified atom stereocenters. The molecule has 3 rings (SSSR count). The predicted molar refractivity (Wildman–Crippen MR) is 93.1 cm³/mol. The summed E-state index contributed by atoms with van der Waals surface area (Å²) in [5, 5.41) is 4.34. The molecule has 7 heteroatoms. The van der Waals surface area contributed by atoms with E-state index in [1.54, 1.807) is 29.6 Å². The van der Waals surface area contributed by atoms with Gasteiger partial charge in [0.25, 0.3) is 0 Å². The first kappa shape index (κ1) is 15.8. The first-order chi connectivity index (χ1) is 11.7. The summed E-state index contributed by atoms with van der Waals surface area (Å²) in [4.78, 5) is 8.14. The van der Waals surface area contributed by atoms with Gasteiger partial charge in [0, 0.05) is 24.5 Å². The lowest BCUT2D eigenvalue weighted by atomic mass is 10.2. The molecule has 3 aromatic rings. The normalized spacial score (nSPS) is 11.2. The van der Waals surface area contributed by atoms with Crippen molar-refractivity contribution < 1.29 is 4.74 Å². The maximum atomic E-state index is 5.88. The Morgan fingerprint density at radius 3 is 2.96 bits per heavy atom. The largest absolute Gasteiger partial charge is 0.493 e. The predicted octanol–water partition coefficient (Wildman–Crippen LogP) is 2.32. The van der Waals surface area contributed by atoms with E-state index in [0.717, 1.165) is 30.0 Å². The number of anilines is 1. The Morgan fingerprint density at radius 2 is 2.21 bits per heavy atom. The van der Waals surface area contributed by atoms with Gasteiger partial charge >= 0.3 is 0 Å². The maximum absolute atomic E-state index is 5.88. The Kier molecular flexibility index (Phi) is 4.90. The molecule has 2 aromatic heterocycles. The van der Waals surface area contributed by atoms with Crippen molar-refractivity contribution in [2.75, 3.05) is 12.3 Å². The number of ether oxygens (including phenoxy) is 1. The highest BCUT2D eigenvalue weighted by Gasteiger charge is 2.02. The number of aryl methyl sites for hydroxylation is 2. The number of hydrogen-bond donors (Lipinski definition) is 1. The van der Waals surface area contributed by atoms with Gasteiger partial charge in [-0.05, 0) is 25.5 Å². The zero-order chi connectivity index (χ0) is 16.8. The lowest BCUT2D eigenvalue weighted by Crippen LogP contribution is -2.04. The molecule has 24 heavy (non-hydrogen) atoms. The number of para-hydroxylation sites is 1. The summed E-state index contributed by atoms with van der Waals surface area (Å²) in [6, 6.07) is 7.77. The molecule has 124 valence electrons. The van der Waals surface area contributed by atoms with Crippen LogP contribution < -0.4 is 10.5 Å². The molecule has 2 heterocycles. The molecule has 0 saturated carbocycles. The zero-order valence-electron chi connectivity index (χ0n) is 13.5. The van der Waals surface area contributed by atoms with E-state index in [4.69, 9.17) is 10.5 Å². The molecule has 0 aliphatic heterocycles. The van der Waals surface area contributed by atoms with Crippen molar-refractivity contribution in [3.63, 3.8) is 0 Å². The molecule has 0 amide bonds. The Balaban J connectivity index is 1.61. The van der Waals surface area contributed by atoms with Gasteiger partial charge < -0.3 is 15.0 Å². The summed E-state index contributed by atoms with van der Waals surface area (Å²) < 4.78 is 9.45. The highest BCUT2D eigenvalue weighted by atomic mass is 16.5. The zero-order valence-corrected chi connectivity index (χ0v) is 13.5. The minimum absolute atomic E-state index is 0.363. The average molecular weight is 324 g/mol. The quantitative estimate of drug-likeness (QED) is 0.534. The van der Waals surface area contributed by atoms with Gasteiger partial charge in [-0.1, -0.05) is 12.1 Å². The van der Waals surface area contributed by atoms with E-state index in [0.29, 0.717) is 12.6 Å². The standard InChI is InChI=1S/C17H20N6O/c1-14-12-23(17(18)21-14)20-11-15-5-2-3-6-16(15)24-10-4-8-22-9-7-19-13-22/h2-3,5-7,9,11-13H,4,8,10H2,1H3,(H2,18,21). The summed E-state index contributed by atoms with van der Waals surface area (Å²) in [7, 11) is 0. The summed E-state index contributed by atoms with van der Waals surface area (Å²) in [5.41, 5.74) is 7.51. The van der Waals surface area contributed by atoms with Crippen LogP contribution in [0.15, 0.2) is 54.3 Å². The average Bonchev–Trinajstić information content (AvgIpc) is 3.20. The number of hydrogen-bond acceptors (Lipinski definition) is 5. The molecule has 0 bridgehead atoms. The summed E-state index contributed by atoms with van der Waals surface area (Å²) in [5.74, 6) is 1.16. The minimum atomic E-state index is 0.363. The molecular formula is C17H20N6O. The van der Waals surface area contributed by atoms with E-state index in [2.05, 4.69) is 15.1 Å². The highest BCUT2D eigenvalue weighted by Crippen LogP contribution is 2.16. The Morgan fingerprint density at radius 1 is 1.33 bits per heavy atom. The number of rotatable bonds is 7. The molecular weight excluding hydrogens is 304 g/mol. The smallest absolute Gasteiger partial charge is 0.221 e. The minimum Gasteiger partial charge on any atom is -0.493 e. The summed E-state index contributed by atoms with van der Waals surface area (Å²) in [6.07, 6.45) is 9.92. The fraction of sp³-hybridized carbons (Fsp3) is 0.235. The van der Waals surface area contributed by atoms with E-state index in [1.165, 1.54) is 0 Å². The van der Waals surface area contributed by atoms with Gasteiger partial charge in [-0.25, -0.2) is 14.6 Å². The first-order valence-electron chi connectivity index (χ1n) is 7.76. The highest BCUT2D eigenvalue weighted by molar-refractivity contribution is 5.83. The van der Waals surface area contributed by atoms with Crippen LogP contribution in [0.2, 0.25) is 0 Å². The Hall–Kier alpha value is -3.09. The van der Waals surface area contributed by atoms with Gasteiger partial charge in [0.05, 0.1) is 31.0 Å². The van der Waals surface area contributed by atoms with Crippen molar-refractivity contribution in [1.82, 2.24) is 19.2 Å². The first-order valence-corrected chi connectivity index (χ1v) is 7.76. The summed E-state index contributed by atoms with van der Waals surface area (Å²) >= 11 is 0. The summed E-state index contributed by atoms with van der Waals surface area (Å²) in [6.45, 7) is 3.37. The van der Waals surface area contributed by atoms with Gasteiger partial charge in [0.15, 0.2) is 0 Å². The van der Waals surface area contributed by atoms with Gasteiger partial charge in [-0.2, -0.15) is 5.10 Å². The molecule has 0 radical (unpaired) electrons. The molecule has 2 N–H and O–H groups in total. The fourth-order valence-electron chi connectivity index (χ4n) is 2.29. The van der Waals surface area contributed by atoms with Gasteiger partial charge in [0.2, 0.25) is 5.95 Å². The molecule has 0 saturated heterocycles. The third kappa shape index (κ3) is 4.01. The Labute approximate surface area is 140 Å². The topological polar surface area (TPSA) is 83.2 Å². The molecule has 0 aliphatic carbocycles. The number of imidazole rings is 2. The van der Waals surface area contributed by atoms with Crippen LogP contribution in [0.3, 0.4) is 0 Å². The molecule has 1 aromatic carbocycles. The lowest BCUT2D eigenvalue weighted by Gasteiger charge is -2.09. The Bertz CT molecular complexity index is 806. The second kappa shape index (κ2) is 7.45. The molecule has 0 fully saturated rings. The maximum Gasteiger partial charge on any atom is 0.221 e. The van der Waals surface area contributed by atoms with Gasteiger partial charge in [0.1, 0.15) is 5.75 Å². The van der Waals surface area contributed by atoms with Crippen LogP contribution in [-0.2, 0) is 6.54 Å². The number of benzene rings is 1. The second-order valence-corrected chi connectivity index (χ2v) is 5.37. The van der Waals surface area contributed by atoms with E-state index >= 15 is 0 Å². The van der Waals surface area contributed by atoms with Crippen molar-refractivity contribution in [2.45, 2.75) is 19.9 Å². The van der Waals surface area contributed by atoms with Crippen molar-refractivity contribution in [3.05, 3.63) is 60.4 Å². The lowest BCUT2D eigenvalue weighted by molar-refractivity contribution is 0.301. The van der Waals surface area contributed by atoms with Crippen LogP contribution in [0.1, 0.15) is 17.7 Å². The molecule has 0 spiro atoms. The van der Waals surface area contributed by atoms with E-state index in [9.17, 15) is 0 Å². The van der Waals surface area contributed by atoms with Crippen LogP contribution in [0.25, 0.3) is 0 Å². The van der Waals surface area contributed by atoms with E-state index in [1.807, 2.05) is 42.0 Å². The monoisotopic (exact) mass is 324 g/mol. The molecule has 7 nitrogen and oxygen atoms in total. The van der Waals surface area contributed by atoms with Crippen LogP contribution in [0.5, 0.6) is 5.75 Å². The van der Waals surface area contributed by atoms with Crippen molar-refractivity contribution >= 4 is 12.2 Å². The van der Waals surface area contributed by atoms with Crippen LogP contribution in [0.4, 0.5) is 5.95 Å². The van der Waals surface area contributed by atoms with Gasteiger partial charge in [-0.15, -0.1) is 0 Å². The number of aromatic nitrogens is 4. The molecule has 0 atom stereocenters. The second-order valence-electron chi connectivity index (χ2n) is 5.37. The number of nitrogens with two attached hydrogens (primary N) is 1. The van der Waals surface area contributed by atoms with Crippen molar-refractivity contribution in [1.29, 1.82) is 0 Å². The van der Waals surface area contributed by atoms with Gasteiger partial charge in [-0.3, -0.25) is 0 Å². The fourth-order valence-corrected chi connectivity index (χ4v) is 2.29. The van der Waals surface area contributed by atoms with E-state index in [-0.39, 0.29) is 0 Å². The van der Waals surface area contributed by atoms with Crippen molar-refractivity contribution in [2.24, 2.45) is 5.10 Å². The number of nitrogen functional groups attached to an aromatic ring is 1. The van der Waals surface area contributed by atoms with Crippen LogP contribution >= 0.6 is 0 Å². The third-order valence-electron chi connectivity index (χ3n) is 3.45. The van der Waals surface area contributed by atoms with Crippen molar-refractivity contribution in [3.8, 4) is 5.75 Å². The molecule has 0 aliphatic rings. The number of nitrogens with zero attached hydrogens (tertiary/aromatic N) is 5. The SMILES string of the molecule is Cc1cn(N=Cc2ccccc2OCCCn2ccnc2)c(N)n1. The van der Waals surface area contributed by atoms with Crippen LogP contribution in [0, 0.1) is 6.92 Å². The van der Waals surface area contributed by atoms with E-state index < -0.39 is 0 Å².